The number of carbonyl (C=O) groups is 2. The van der Waals surface area contributed by atoms with Crippen LogP contribution in [-0.4, -0.2) is 40.3 Å². The van der Waals surface area contributed by atoms with E-state index in [-0.39, 0.29) is 22.3 Å². The summed E-state index contributed by atoms with van der Waals surface area (Å²) in [6, 6.07) is 9.17. The van der Waals surface area contributed by atoms with E-state index in [0.717, 1.165) is 23.0 Å². The predicted molar refractivity (Wildman–Crippen MR) is 101 cm³/mol. The number of halogens is 1. The van der Waals surface area contributed by atoms with Gasteiger partial charge in [-0.15, -0.1) is 11.3 Å². The smallest absolute Gasteiger partial charge is 0.273 e. The number of aromatic nitrogens is 2. The standard InChI is InChI=1S/C19H17FN4O2S/c1-24(9-7-13-4-3-8-21-11-13)18(26)16-12-27-19(22-16)23-17(25)14-5-2-6-15(20)10-14/h2-6,8,10-12H,7,9H2,1H3,(H,22,23,25). The first kappa shape index (κ1) is 18.7. The SMILES string of the molecule is CN(CCc1cccnc1)C(=O)c1csc(NC(=O)c2cccc(F)c2)n1. The molecule has 0 unspecified atom stereocenters. The number of rotatable bonds is 6. The lowest BCUT2D eigenvalue weighted by Crippen LogP contribution is -2.29. The largest absolute Gasteiger partial charge is 0.340 e. The third-order valence-electron chi connectivity index (χ3n) is 3.84. The molecule has 6 nitrogen and oxygen atoms in total. The van der Waals surface area contributed by atoms with Crippen molar-refractivity contribution in [1.82, 2.24) is 14.9 Å². The van der Waals surface area contributed by atoms with Gasteiger partial charge in [0.15, 0.2) is 5.13 Å². The number of hydrogen-bond acceptors (Lipinski definition) is 5. The topological polar surface area (TPSA) is 75.2 Å². The summed E-state index contributed by atoms with van der Waals surface area (Å²) >= 11 is 1.14. The highest BCUT2D eigenvalue weighted by Crippen LogP contribution is 2.18. The molecule has 0 radical (unpaired) electrons. The van der Waals surface area contributed by atoms with Gasteiger partial charge < -0.3 is 4.90 Å². The number of nitrogens with one attached hydrogen (secondary N) is 1. The van der Waals surface area contributed by atoms with Crippen molar-refractivity contribution < 1.29 is 14.0 Å². The van der Waals surface area contributed by atoms with Gasteiger partial charge >= 0.3 is 0 Å². The summed E-state index contributed by atoms with van der Waals surface area (Å²) in [5.74, 6) is -1.21. The number of amides is 2. The molecule has 1 aromatic carbocycles. The van der Waals surface area contributed by atoms with Crippen LogP contribution in [0.3, 0.4) is 0 Å². The van der Waals surface area contributed by atoms with Crippen LogP contribution in [0, 0.1) is 5.82 Å². The molecule has 0 aliphatic heterocycles. The van der Waals surface area contributed by atoms with Crippen LogP contribution >= 0.6 is 11.3 Å². The molecule has 0 saturated heterocycles. The van der Waals surface area contributed by atoms with Gasteiger partial charge in [0, 0.05) is 36.9 Å². The zero-order valence-electron chi connectivity index (χ0n) is 14.6. The van der Waals surface area contributed by atoms with E-state index in [9.17, 15) is 14.0 Å². The molecule has 3 rings (SSSR count). The number of pyridine rings is 1. The Bertz CT molecular complexity index is 946. The maximum absolute atomic E-state index is 13.2. The molecule has 1 N–H and O–H groups in total. The van der Waals surface area contributed by atoms with Crippen molar-refractivity contribution in [1.29, 1.82) is 0 Å². The number of hydrogen-bond donors (Lipinski definition) is 1. The number of anilines is 1. The van der Waals surface area contributed by atoms with Crippen LogP contribution in [0.2, 0.25) is 0 Å². The van der Waals surface area contributed by atoms with Gasteiger partial charge in [0.05, 0.1) is 0 Å². The summed E-state index contributed by atoms with van der Waals surface area (Å²) in [5, 5.41) is 4.45. The molecule has 0 atom stereocenters. The van der Waals surface area contributed by atoms with E-state index in [1.54, 1.807) is 29.7 Å². The van der Waals surface area contributed by atoms with Crippen molar-refractivity contribution in [3.8, 4) is 0 Å². The minimum absolute atomic E-state index is 0.187. The lowest BCUT2D eigenvalue weighted by Gasteiger charge is -2.15. The Labute approximate surface area is 159 Å². The first-order valence-electron chi connectivity index (χ1n) is 8.20. The quantitative estimate of drug-likeness (QED) is 0.708. The molecule has 2 heterocycles. The zero-order valence-corrected chi connectivity index (χ0v) is 15.4. The first-order chi connectivity index (χ1) is 13.0. The molecular weight excluding hydrogens is 367 g/mol. The van der Waals surface area contributed by atoms with E-state index in [0.29, 0.717) is 13.0 Å². The Morgan fingerprint density at radius 2 is 2.11 bits per heavy atom. The van der Waals surface area contributed by atoms with Crippen LogP contribution in [0.15, 0.2) is 54.2 Å². The highest BCUT2D eigenvalue weighted by molar-refractivity contribution is 7.14. The molecule has 2 amide bonds. The second-order valence-electron chi connectivity index (χ2n) is 5.84. The molecule has 0 spiro atoms. The summed E-state index contributed by atoms with van der Waals surface area (Å²) in [4.78, 5) is 34.4. The molecule has 2 aromatic heterocycles. The summed E-state index contributed by atoms with van der Waals surface area (Å²) in [5.41, 5.74) is 1.48. The van der Waals surface area contributed by atoms with Crippen LogP contribution < -0.4 is 5.32 Å². The summed E-state index contributed by atoms with van der Waals surface area (Å²) in [6.07, 6.45) is 4.15. The fourth-order valence-electron chi connectivity index (χ4n) is 2.37. The van der Waals surface area contributed by atoms with Crippen molar-refractivity contribution in [3.63, 3.8) is 0 Å². The van der Waals surface area contributed by atoms with Gasteiger partial charge in [-0.05, 0) is 36.2 Å². The minimum Gasteiger partial charge on any atom is -0.340 e. The molecule has 138 valence electrons. The average molecular weight is 384 g/mol. The van der Waals surface area contributed by atoms with Gasteiger partial charge in [-0.3, -0.25) is 19.9 Å². The summed E-state index contributed by atoms with van der Waals surface area (Å²) < 4.78 is 13.2. The third-order valence-corrected chi connectivity index (χ3v) is 4.59. The fraction of sp³-hybridized carbons (Fsp3) is 0.158. The molecule has 0 bridgehead atoms. The molecule has 3 aromatic rings. The number of nitrogens with zero attached hydrogens (tertiary/aromatic N) is 3. The Morgan fingerprint density at radius 1 is 1.26 bits per heavy atom. The average Bonchev–Trinajstić information content (AvgIpc) is 3.14. The highest BCUT2D eigenvalue weighted by Gasteiger charge is 2.17. The summed E-state index contributed by atoms with van der Waals surface area (Å²) in [6.45, 7) is 0.521. The van der Waals surface area contributed by atoms with Crippen LogP contribution in [0.4, 0.5) is 9.52 Å². The van der Waals surface area contributed by atoms with Crippen LogP contribution in [0.1, 0.15) is 26.4 Å². The Hall–Kier alpha value is -3.13. The highest BCUT2D eigenvalue weighted by atomic mass is 32.1. The van der Waals surface area contributed by atoms with Crippen LogP contribution in [0.25, 0.3) is 0 Å². The molecule has 27 heavy (non-hydrogen) atoms. The van der Waals surface area contributed by atoms with Crippen LogP contribution in [-0.2, 0) is 6.42 Å². The molecule has 0 fully saturated rings. The molecule has 0 aliphatic rings. The van der Waals surface area contributed by atoms with Crippen molar-refractivity contribution in [2.75, 3.05) is 18.9 Å². The lowest BCUT2D eigenvalue weighted by molar-refractivity contribution is 0.0791. The second kappa shape index (κ2) is 8.50. The number of likely N-dealkylation sites (N-methyl/N-ethyl adjacent to an activating group) is 1. The molecule has 0 saturated carbocycles. The van der Waals surface area contributed by atoms with Gasteiger partial charge in [0.25, 0.3) is 11.8 Å². The van der Waals surface area contributed by atoms with Crippen molar-refractivity contribution in [2.24, 2.45) is 0 Å². The fourth-order valence-corrected chi connectivity index (χ4v) is 3.05. The van der Waals surface area contributed by atoms with Crippen molar-refractivity contribution in [3.05, 3.63) is 76.8 Å². The normalized spacial score (nSPS) is 10.4. The molecule has 0 aliphatic carbocycles. The van der Waals surface area contributed by atoms with Crippen molar-refractivity contribution >= 4 is 28.3 Å². The van der Waals surface area contributed by atoms with E-state index in [2.05, 4.69) is 15.3 Å². The Balaban J connectivity index is 1.59. The van der Waals surface area contributed by atoms with Crippen LogP contribution in [0.5, 0.6) is 0 Å². The van der Waals surface area contributed by atoms with Crippen molar-refractivity contribution in [2.45, 2.75) is 6.42 Å². The van der Waals surface area contributed by atoms with Gasteiger partial charge in [-0.25, -0.2) is 9.37 Å². The van der Waals surface area contributed by atoms with Gasteiger partial charge in [-0.2, -0.15) is 0 Å². The molecule has 8 heteroatoms. The first-order valence-corrected chi connectivity index (χ1v) is 9.07. The summed E-state index contributed by atoms with van der Waals surface area (Å²) in [7, 11) is 1.70. The Morgan fingerprint density at radius 3 is 2.85 bits per heavy atom. The maximum atomic E-state index is 13.2. The van der Waals surface area contributed by atoms with E-state index in [1.807, 2.05) is 12.1 Å². The minimum atomic E-state index is -0.493. The van der Waals surface area contributed by atoms with E-state index in [4.69, 9.17) is 0 Å². The van der Waals surface area contributed by atoms with Gasteiger partial charge in [-0.1, -0.05) is 12.1 Å². The second-order valence-corrected chi connectivity index (χ2v) is 6.70. The Kier molecular flexibility index (Phi) is 5.87. The lowest BCUT2D eigenvalue weighted by atomic mass is 10.2. The number of benzene rings is 1. The van der Waals surface area contributed by atoms with E-state index in [1.165, 1.54) is 18.2 Å². The van der Waals surface area contributed by atoms with Gasteiger partial charge in [0.2, 0.25) is 0 Å². The monoisotopic (exact) mass is 384 g/mol. The number of carbonyl (C=O) groups excluding carboxylic acids is 2. The van der Waals surface area contributed by atoms with Gasteiger partial charge in [0.1, 0.15) is 11.5 Å². The zero-order chi connectivity index (χ0) is 19.2. The maximum Gasteiger partial charge on any atom is 0.273 e. The number of thiazole rings is 1. The third kappa shape index (κ3) is 4.95. The predicted octanol–water partition coefficient (Wildman–Crippen LogP) is 3.24. The molecular formula is C19H17FN4O2S. The van der Waals surface area contributed by atoms with E-state index >= 15 is 0 Å². The van der Waals surface area contributed by atoms with E-state index < -0.39 is 11.7 Å².